The molecule has 6 nitrogen and oxygen atoms in total. The fourth-order valence-corrected chi connectivity index (χ4v) is 5.39. The molecule has 2 aromatic carbocycles. The minimum atomic E-state index is -0.355. The van der Waals surface area contributed by atoms with Gasteiger partial charge in [0.05, 0.1) is 16.6 Å². The molecule has 0 radical (unpaired) electrons. The third kappa shape index (κ3) is 3.71. The summed E-state index contributed by atoms with van der Waals surface area (Å²) in [6, 6.07) is 12.9. The Kier molecular flexibility index (Phi) is 5.52. The fraction of sp³-hybridized carbons (Fsp3) is 0.304. The van der Waals surface area contributed by atoms with E-state index in [2.05, 4.69) is 15.0 Å². The second kappa shape index (κ2) is 8.48. The molecule has 0 spiro atoms. The Bertz CT molecular complexity index is 1250. The van der Waals surface area contributed by atoms with E-state index in [-0.39, 0.29) is 23.6 Å². The Morgan fingerprint density at radius 3 is 2.53 bits per heavy atom. The zero-order valence-electron chi connectivity index (χ0n) is 17.6. The number of halogens is 2. The van der Waals surface area contributed by atoms with Gasteiger partial charge in [0.15, 0.2) is 5.82 Å². The van der Waals surface area contributed by atoms with Crippen molar-refractivity contribution in [2.45, 2.75) is 19.4 Å². The second-order valence-electron chi connectivity index (χ2n) is 7.80. The van der Waals surface area contributed by atoms with Crippen molar-refractivity contribution in [1.29, 1.82) is 0 Å². The molecule has 1 fully saturated rings. The molecule has 4 aromatic rings. The fourth-order valence-electron chi connectivity index (χ4n) is 4.25. The topological polar surface area (TPSA) is 56.9 Å². The highest BCUT2D eigenvalue weighted by atomic mass is 32.1. The van der Waals surface area contributed by atoms with Crippen molar-refractivity contribution in [1.82, 2.24) is 19.5 Å². The lowest BCUT2D eigenvalue weighted by molar-refractivity contribution is 0.210. The number of nitrogens with zero attached hydrogens (tertiary/aromatic N) is 5. The van der Waals surface area contributed by atoms with Gasteiger partial charge >= 0.3 is 0 Å². The molecule has 0 aliphatic carbocycles. The molecular weight excluding hydrogens is 432 g/mol. The number of anilines is 1. The van der Waals surface area contributed by atoms with Crippen molar-refractivity contribution in [2.24, 2.45) is 0 Å². The maximum absolute atomic E-state index is 14.3. The van der Waals surface area contributed by atoms with Crippen LogP contribution in [0.3, 0.4) is 0 Å². The lowest BCUT2D eigenvalue weighted by Crippen LogP contribution is -2.48. The maximum atomic E-state index is 14.3. The molecule has 1 atom stereocenters. The van der Waals surface area contributed by atoms with Crippen LogP contribution in [0.2, 0.25) is 0 Å². The molecule has 3 heterocycles. The monoisotopic (exact) mass is 455 g/mol. The summed E-state index contributed by atoms with van der Waals surface area (Å²) in [6.07, 6.45) is 0.675. The van der Waals surface area contributed by atoms with E-state index in [1.807, 2.05) is 24.0 Å². The Morgan fingerprint density at radius 2 is 1.84 bits per heavy atom. The molecule has 0 unspecified atom stereocenters. The number of fused-ring (bicyclic) bond motifs is 1. The summed E-state index contributed by atoms with van der Waals surface area (Å²) in [4.78, 5) is 9.98. The first-order valence-electron chi connectivity index (χ1n) is 10.6. The average Bonchev–Trinajstić information content (AvgIpc) is 3.34. The quantitative estimate of drug-likeness (QED) is 0.488. The Labute approximate surface area is 188 Å². The molecule has 0 bridgehead atoms. The zero-order chi connectivity index (χ0) is 22.2. The first-order chi connectivity index (χ1) is 15.5. The van der Waals surface area contributed by atoms with Gasteiger partial charge in [-0.3, -0.25) is 4.90 Å². The summed E-state index contributed by atoms with van der Waals surface area (Å²) in [5.74, 6) is 0.129. The van der Waals surface area contributed by atoms with Gasteiger partial charge in [0.25, 0.3) is 0 Å². The molecule has 1 N–H and O–H groups in total. The van der Waals surface area contributed by atoms with Gasteiger partial charge < -0.3 is 10.0 Å². The first-order valence-corrected chi connectivity index (χ1v) is 11.4. The van der Waals surface area contributed by atoms with E-state index in [9.17, 15) is 13.9 Å². The van der Waals surface area contributed by atoms with E-state index in [0.29, 0.717) is 53.9 Å². The minimum Gasteiger partial charge on any atom is -0.492 e. The van der Waals surface area contributed by atoms with Crippen LogP contribution in [0.1, 0.15) is 29.2 Å². The van der Waals surface area contributed by atoms with E-state index in [1.165, 1.54) is 34.1 Å². The predicted molar refractivity (Wildman–Crippen MR) is 120 cm³/mol. The smallest absolute Gasteiger partial charge is 0.230 e. The minimum absolute atomic E-state index is 0.0306. The standard InChI is InChI=1S/C23H23F2N5OS/c1-2-19-26-23-30(27-19)22(31)21(32-23)20(15-6-5-7-16(24)14-15)29-12-10-28(11-13-29)18-9-4-3-8-17(18)25/h3-9,14,20,31H,2,10-13H2,1H3/t20-/m1/s1. The van der Waals surface area contributed by atoms with Crippen molar-refractivity contribution >= 4 is 22.0 Å². The Balaban J connectivity index is 1.49. The molecule has 2 aromatic heterocycles. The highest BCUT2D eigenvalue weighted by Crippen LogP contribution is 2.40. The van der Waals surface area contributed by atoms with Crippen LogP contribution in [-0.4, -0.2) is 50.8 Å². The molecule has 0 saturated carbocycles. The van der Waals surface area contributed by atoms with Crippen molar-refractivity contribution in [3.8, 4) is 5.88 Å². The van der Waals surface area contributed by atoms with Crippen LogP contribution in [0.5, 0.6) is 5.88 Å². The Morgan fingerprint density at radius 1 is 1.06 bits per heavy atom. The first kappa shape index (κ1) is 20.8. The van der Waals surface area contributed by atoms with Gasteiger partial charge in [-0.05, 0) is 29.8 Å². The molecule has 5 rings (SSSR count). The lowest BCUT2D eigenvalue weighted by atomic mass is 10.0. The van der Waals surface area contributed by atoms with Gasteiger partial charge in [-0.1, -0.05) is 42.5 Å². The number of aromatic nitrogens is 3. The zero-order valence-corrected chi connectivity index (χ0v) is 18.4. The van der Waals surface area contributed by atoms with Gasteiger partial charge in [0, 0.05) is 32.6 Å². The average molecular weight is 456 g/mol. The van der Waals surface area contributed by atoms with Crippen LogP contribution < -0.4 is 4.90 Å². The number of benzene rings is 2. The van der Waals surface area contributed by atoms with E-state index in [0.717, 1.165) is 5.56 Å². The van der Waals surface area contributed by atoms with Crippen LogP contribution in [-0.2, 0) is 6.42 Å². The highest BCUT2D eigenvalue weighted by molar-refractivity contribution is 7.17. The highest BCUT2D eigenvalue weighted by Gasteiger charge is 2.32. The third-order valence-corrected chi connectivity index (χ3v) is 6.92. The number of thiazole rings is 1. The van der Waals surface area contributed by atoms with Crippen LogP contribution in [0.4, 0.5) is 14.5 Å². The number of aryl methyl sites for hydroxylation is 1. The third-order valence-electron chi connectivity index (χ3n) is 5.85. The van der Waals surface area contributed by atoms with Gasteiger partial charge in [0.1, 0.15) is 11.6 Å². The summed E-state index contributed by atoms with van der Waals surface area (Å²) in [5, 5.41) is 15.4. The van der Waals surface area contributed by atoms with Crippen molar-refractivity contribution in [2.75, 3.05) is 31.1 Å². The summed E-state index contributed by atoms with van der Waals surface area (Å²) in [5.41, 5.74) is 1.34. The predicted octanol–water partition coefficient (Wildman–Crippen LogP) is 4.25. The van der Waals surface area contributed by atoms with E-state index < -0.39 is 0 Å². The molecule has 0 amide bonds. The van der Waals surface area contributed by atoms with Crippen LogP contribution in [0.25, 0.3) is 4.96 Å². The van der Waals surface area contributed by atoms with E-state index in [1.54, 1.807) is 18.2 Å². The molecule has 9 heteroatoms. The van der Waals surface area contributed by atoms with Crippen LogP contribution in [0.15, 0.2) is 48.5 Å². The number of hydrogen-bond donors (Lipinski definition) is 1. The normalized spacial score (nSPS) is 16.0. The number of hydrogen-bond acceptors (Lipinski definition) is 6. The molecule has 1 aliphatic rings. The Hall–Kier alpha value is -3.04. The van der Waals surface area contributed by atoms with E-state index in [4.69, 9.17) is 0 Å². The van der Waals surface area contributed by atoms with Gasteiger partial charge in [-0.15, -0.1) is 5.10 Å². The van der Waals surface area contributed by atoms with Crippen molar-refractivity contribution in [3.05, 3.63) is 76.4 Å². The van der Waals surface area contributed by atoms with Crippen LogP contribution >= 0.6 is 11.3 Å². The summed E-state index contributed by atoms with van der Waals surface area (Å²) >= 11 is 1.36. The van der Waals surface area contributed by atoms with Crippen molar-refractivity contribution < 1.29 is 13.9 Å². The lowest BCUT2D eigenvalue weighted by Gasteiger charge is -2.40. The van der Waals surface area contributed by atoms with Gasteiger partial charge in [-0.25, -0.2) is 13.8 Å². The number of para-hydroxylation sites is 1. The van der Waals surface area contributed by atoms with Crippen LogP contribution in [0, 0.1) is 11.6 Å². The molecule has 166 valence electrons. The largest absolute Gasteiger partial charge is 0.492 e. The number of rotatable bonds is 5. The maximum Gasteiger partial charge on any atom is 0.230 e. The number of piperazine rings is 1. The summed E-state index contributed by atoms with van der Waals surface area (Å²) < 4.78 is 29.8. The summed E-state index contributed by atoms with van der Waals surface area (Å²) in [7, 11) is 0. The molecule has 1 aliphatic heterocycles. The molecule has 32 heavy (non-hydrogen) atoms. The molecule has 1 saturated heterocycles. The second-order valence-corrected chi connectivity index (χ2v) is 8.81. The molecular formula is C23H23F2N5OS. The SMILES string of the molecule is CCc1nc2sc([C@@H](c3cccc(F)c3)N3CCN(c4ccccc4F)CC3)c(O)n2n1. The van der Waals surface area contributed by atoms with E-state index >= 15 is 0 Å². The van der Waals surface area contributed by atoms with Gasteiger partial charge in [-0.2, -0.15) is 4.52 Å². The summed E-state index contributed by atoms with van der Waals surface area (Å²) in [6.45, 7) is 4.45. The van der Waals surface area contributed by atoms with Crippen molar-refractivity contribution in [3.63, 3.8) is 0 Å². The van der Waals surface area contributed by atoms with Gasteiger partial charge in [0.2, 0.25) is 10.8 Å². The number of aromatic hydroxyl groups is 1.